The average molecular weight is 447 g/mol. The van der Waals surface area contributed by atoms with Crippen molar-refractivity contribution in [3.63, 3.8) is 0 Å². The molecule has 0 saturated carbocycles. The minimum Gasteiger partial charge on any atom is -0.454 e. The second kappa shape index (κ2) is 5.82. The first-order valence-electron chi connectivity index (χ1n) is 4.69. The van der Waals surface area contributed by atoms with Crippen molar-refractivity contribution in [3.8, 4) is 0 Å². The zero-order valence-corrected chi connectivity index (χ0v) is 13.7. The molecule has 1 aromatic carbocycles. The summed E-state index contributed by atoms with van der Waals surface area (Å²) >= 11 is 17.6. The maximum atomic E-state index is 6.10. The standard InChI is InChI=1S/C11H7BrCl2INO/c12-6-3-8(13)11(9(14)4-6)16-5-7-1-2-10(15)17-7/h1-4,16H,5H2. The largest absolute Gasteiger partial charge is 0.454 e. The number of hydrogen-bond acceptors (Lipinski definition) is 2. The third-order valence-electron chi connectivity index (χ3n) is 2.08. The van der Waals surface area contributed by atoms with E-state index >= 15 is 0 Å². The normalized spacial score (nSPS) is 10.6. The van der Waals surface area contributed by atoms with Crippen LogP contribution in [0.2, 0.25) is 10.0 Å². The summed E-state index contributed by atoms with van der Waals surface area (Å²) < 4.78 is 7.14. The molecule has 0 spiro atoms. The minimum atomic E-state index is 0.546. The van der Waals surface area contributed by atoms with Gasteiger partial charge < -0.3 is 9.73 Å². The van der Waals surface area contributed by atoms with E-state index in [1.165, 1.54) is 0 Å². The van der Waals surface area contributed by atoms with E-state index in [2.05, 4.69) is 43.8 Å². The van der Waals surface area contributed by atoms with E-state index in [0.717, 1.165) is 14.0 Å². The summed E-state index contributed by atoms with van der Waals surface area (Å²) in [7, 11) is 0. The molecule has 2 aromatic rings. The highest BCUT2D eigenvalue weighted by atomic mass is 127. The van der Waals surface area contributed by atoms with E-state index in [1.54, 1.807) is 12.1 Å². The first kappa shape index (κ1) is 13.5. The molecular weight excluding hydrogens is 440 g/mol. The van der Waals surface area contributed by atoms with E-state index in [9.17, 15) is 0 Å². The van der Waals surface area contributed by atoms with Gasteiger partial charge >= 0.3 is 0 Å². The van der Waals surface area contributed by atoms with Gasteiger partial charge in [0.15, 0.2) is 3.77 Å². The highest BCUT2D eigenvalue weighted by Crippen LogP contribution is 2.34. The Morgan fingerprint density at radius 3 is 2.41 bits per heavy atom. The first-order valence-corrected chi connectivity index (χ1v) is 7.31. The molecule has 0 aliphatic carbocycles. The Hall–Kier alpha value is 0.0900. The average Bonchev–Trinajstić information content (AvgIpc) is 2.62. The molecule has 90 valence electrons. The van der Waals surface area contributed by atoms with Crippen molar-refractivity contribution in [2.75, 3.05) is 5.32 Å². The highest BCUT2D eigenvalue weighted by Gasteiger charge is 2.08. The number of halogens is 4. The summed E-state index contributed by atoms with van der Waals surface area (Å²) in [5.41, 5.74) is 0.711. The van der Waals surface area contributed by atoms with E-state index in [4.69, 9.17) is 27.6 Å². The van der Waals surface area contributed by atoms with Gasteiger partial charge in [-0.1, -0.05) is 39.1 Å². The fourth-order valence-electron chi connectivity index (χ4n) is 1.33. The molecule has 6 heteroatoms. The van der Waals surface area contributed by atoms with Crippen molar-refractivity contribution >= 4 is 67.4 Å². The molecule has 0 radical (unpaired) electrons. The maximum absolute atomic E-state index is 6.10. The summed E-state index contributed by atoms with van der Waals surface area (Å²) in [6.45, 7) is 0.546. The van der Waals surface area contributed by atoms with Crippen LogP contribution >= 0.6 is 61.7 Å². The van der Waals surface area contributed by atoms with E-state index < -0.39 is 0 Å². The molecule has 2 nitrogen and oxygen atoms in total. The van der Waals surface area contributed by atoms with Crippen molar-refractivity contribution in [2.45, 2.75) is 6.54 Å². The van der Waals surface area contributed by atoms with Crippen molar-refractivity contribution in [1.82, 2.24) is 0 Å². The molecular formula is C11H7BrCl2INO. The number of nitrogens with one attached hydrogen (secondary N) is 1. The number of hydrogen-bond donors (Lipinski definition) is 1. The molecule has 1 heterocycles. The number of rotatable bonds is 3. The van der Waals surface area contributed by atoms with Gasteiger partial charge in [0, 0.05) is 4.47 Å². The predicted octanol–water partition coefficient (Wildman–Crippen LogP) is 5.57. The second-order valence-corrected chi connectivity index (χ2v) is 6.10. The van der Waals surface area contributed by atoms with Crippen LogP contribution in [0.4, 0.5) is 5.69 Å². The van der Waals surface area contributed by atoms with Crippen LogP contribution in [0.5, 0.6) is 0 Å². The van der Waals surface area contributed by atoms with Crippen LogP contribution in [-0.2, 0) is 6.54 Å². The molecule has 17 heavy (non-hydrogen) atoms. The first-order chi connectivity index (χ1) is 8.06. The van der Waals surface area contributed by atoms with E-state index in [-0.39, 0.29) is 0 Å². The molecule has 1 aromatic heterocycles. The van der Waals surface area contributed by atoms with Crippen LogP contribution < -0.4 is 5.32 Å². The maximum Gasteiger partial charge on any atom is 0.164 e. The Kier molecular flexibility index (Phi) is 4.63. The zero-order valence-electron chi connectivity index (χ0n) is 8.44. The summed E-state index contributed by atoms with van der Waals surface area (Å²) in [6, 6.07) is 7.40. The van der Waals surface area contributed by atoms with Crippen LogP contribution in [0, 0.1) is 3.77 Å². The van der Waals surface area contributed by atoms with Crippen molar-refractivity contribution in [3.05, 3.63) is 48.3 Å². The minimum absolute atomic E-state index is 0.546. The molecule has 1 N–H and O–H groups in total. The molecule has 0 fully saturated rings. The quantitative estimate of drug-likeness (QED) is 0.624. The van der Waals surface area contributed by atoms with E-state index in [1.807, 2.05) is 12.1 Å². The molecule has 0 aliphatic rings. The topological polar surface area (TPSA) is 25.2 Å². The van der Waals surface area contributed by atoms with Gasteiger partial charge in [0.2, 0.25) is 0 Å². The summed E-state index contributed by atoms with van der Waals surface area (Å²) in [6.07, 6.45) is 0. The lowest BCUT2D eigenvalue weighted by Gasteiger charge is -2.09. The molecule has 0 aliphatic heterocycles. The lowest BCUT2D eigenvalue weighted by Crippen LogP contribution is -1.99. The monoisotopic (exact) mass is 445 g/mol. The summed E-state index contributed by atoms with van der Waals surface area (Å²) in [4.78, 5) is 0. The van der Waals surface area contributed by atoms with Crippen LogP contribution in [0.3, 0.4) is 0 Å². The zero-order chi connectivity index (χ0) is 12.4. The Balaban J connectivity index is 2.14. The summed E-state index contributed by atoms with van der Waals surface area (Å²) in [5, 5.41) is 4.31. The van der Waals surface area contributed by atoms with Gasteiger partial charge in [-0.25, -0.2) is 0 Å². The molecule has 0 saturated heterocycles. The molecule has 0 atom stereocenters. The van der Waals surface area contributed by atoms with E-state index in [0.29, 0.717) is 22.3 Å². The lowest BCUT2D eigenvalue weighted by atomic mass is 10.3. The molecule has 0 bridgehead atoms. The van der Waals surface area contributed by atoms with Crippen LogP contribution in [0.15, 0.2) is 33.2 Å². The van der Waals surface area contributed by atoms with Gasteiger partial charge in [-0.2, -0.15) is 0 Å². The van der Waals surface area contributed by atoms with Crippen molar-refractivity contribution < 1.29 is 4.42 Å². The number of benzene rings is 1. The Bertz CT molecular complexity index is 521. The number of furan rings is 1. The van der Waals surface area contributed by atoms with Gasteiger partial charge in [0.05, 0.1) is 22.3 Å². The van der Waals surface area contributed by atoms with Crippen LogP contribution in [-0.4, -0.2) is 0 Å². The van der Waals surface area contributed by atoms with Crippen LogP contribution in [0.25, 0.3) is 0 Å². The van der Waals surface area contributed by atoms with Gasteiger partial charge in [0.25, 0.3) is 0 Å². The Labute approximate surface area is 131 Å². The van der Waals surface area contributed by atoms with Crippen molar-refractivity contribution in [1.29, 1.82) is 0 Å². The molecule has 0 unspecified atom stereocenters. The highest BCUT2D eigenvalue weighted by molar-refractivity contribution is 14.1. The third kappa shape index (κ3) is 3.53. The fourth-order valence-corrected chi connectivity index (χ4v) is 3.14. The third-order valence-corrected chi connectivity index (χ3v) is 3.71. The van der Waals surface area contributed by atoms with Gasteiger partial charge in [-0.05, 0) is 46.9 Å². The van der Waals surface area contributed by atoms with Gasteiger partial charge in [-0.15, -0.1) is 0 Å². The molecule has 0 amide bonds. The molecule has 2 rings (SSSR count). The SMILES string of the molecule is Clc1cc(Br)cc(Cl)c1NCc1ccc(I)o1. The Morgan fingerprint density at radius 2 is 1.88 bits per heavy atom. The van der Waals surface area contributed by atoms with Crippen molar-refractivity contribution in [2.24, 2.45) is 0 Å². The van der Waals surface area contributed by atoms with Crippen LogP contribution in [0.1, 0.15) is 5.76 Å². The predicted molar refractivity (Wildman–Crippen MR) is 82.9 cm³/mol. The fraction of sp³-hybridized carbons (Fsp3) is 0.0909. The lowest BCUT2D eigenvalue weighted by molar-refractivity contribution is 0.493. The second-order valence-electron chi connectivity index (χ2n) is 3.30. The number of anilines is 1. The Morgan fingerprint density at radius 1 is 1.24 bits per heavy atom. The summed E-state index contributed by atoms with van der Waals surface area (Å²) in [5.74, 6) is 0.837. The van der Waals surface area contributed by atoms with Gasteiger partial charge in [-0.3, -0.25) is 0 Å². The smallest absolute Gasteiger partial charge is 0.164 e. The van der Waals surface area contributed by atoms with Gasteiger partial charge in [0.1, 0.15) is 5.76 Å².